The second-order valence-electron chi connectivity index (χ2n) is 4.65. The van der Waals surface area contributed by atoms with Crippen molar-refractivity contribution in [3.05, 3.63) is 34.3 Å². The number of benzene rings is 1. The van der Waals surface area contributed by atoms with Crippen molar-refractivity contribution in [1.29, 1.82) is 0 Å². The van der Waals surface area contributed by atoms with Gasteiger partial charge in [-0.05, 0) is 25.0 Å². The monoisotopic (exact) mass is 280 g/mol. The highest BCUT2D eigenvalue weighted by atomic mass is 35.5. The summed E-state index contributed by atoms with van der Waals surface area (Å²) in [6, 6.07) is 4.97. The van der Waals surface area contributed by atoms with Crippen LogP contribution in [0.4, 0.5) is 0 Å². The van der Waals surface area contributed by atoms with Crippen molar-refractivity contribution in [3.63, 3.8) is 0 Å². The van der Waals surface area contributed by atoms with Gasteiger partial charge in [0.05, 0.1) is 10.6 Å². The first-order chi connectivity index (χ1) is 9.06. The molecule has 0 aromatic heterocycles. The number of carbonyl (C=O) groups is 2. The molecule has 4 nitrogen and oxygen atoms in total. The van der Waals surface area contributed by atoms with Crippen molar-refractivity contribution >= 4 is 23.4 Å². The molecular formula is C14H17ClN2O2. The zero-order chi connectivity index (χ0) is 14.0. The summed E-state index contributed by atoms with van der Waals surface area (Å²) < 4.78 is 0. The summed E-state index contributed by atoms with van der Waals surface area (Å²) in [5, 5.41) is 3.25. The van der Waals surface area contributed by atoms with Crippen LogP contribution in [0.2, 0.25) is 5.02 Å². The highest BCUT2D eigenvalue weighted by Crippen LogP contribution is 2.23. The topological polar surface area (TPSA) is 49.4 Å². The third kappa shape index (κ3) is 2.59. The summed E-state index contributed by atoms with van der Waals surface area (Å²) in [6.45, 7) is 4.77. The third-order valence-corrected chi connectivity index (χ3v) is 3.90. The van der Waals surface area contributed by atoms with E-state index >= 15 is 0 Å². The Labute approximate surface area is 117 Å². The Morgan fingerprint density at radius 3 is 2.95 bits per heavy atom. The molecule has 1 fully saturated rings. The number of hydrogen-bond acceptors (Lipinski definition) is 2. The highest BCUT2D eigenvalue weighted by Gasteiger charge is 2.32. The van der Waals surface area contributed by atoms with E-state index in [-0.39, 0.29) is 11.8 Å². The predicted octanol–water partition coefficient (Wildman–Crippen LogP) is 2.00. The van der Waals surface area contributed by atoms with Crippen LogP contribution in [0.5, 0.6) is 0 Å². The quantitative estimate of drug-likeness (QED) is 0.901. The number of nitrogens with one attached hydrogen (secondary N) is 1. The van der Waals surface area contributed by atoms with Crippen LogP contribution < -0.4 is 5.32 Å². The Bertz CT molecular complexity index is 516. The van der Waals surface area contributed by atoms with Crippen LogP contribution in [0.3, 0.4) is 0 Å². The van der Waals surface area contributed by atoms with Gasteiger partial charge in [-0.25, -0.2) is 0 Å². The summed E-state index contributed by atoms with van der Waals surface area (Å²) in [6.07, 6.45) is 0.598. The molecule has 1 aromatic rings. The van der Waals surface area contributed by atoms with E-state index in [9.17, 15) is 9.59 Å². The molecule has 2 amide bonds. The lowest BCUT2D eigenvalue weighted by atomic mass is 10.1. The Morgan fingerprint density at radius 1 is 1.53 bits per heavy atom. The SMILES string of the molecule is CCC1C(=O)NCCN1C(=O)c1cccc(C)c1Cl. The molecule has 0 bridgehead atoms. The molecule has 5 heteroatoms. The van der Waals surface area contributed by atoms with E-state index < -0.39 is 6.04 Å². The fourth-order valence-electron chi connectivity index (χ4n) is 2.33. The second-order valence-corrected chi connectivity index (χ2v) is 5.03. The van der Waals surface area contributed by atoms with Gasteiger partial charge >= 0.3 is 0 Å². The Kier molecular flexibility index (Phi) is 4.10. The molecule has 19 heavy (non-hydrogen) atoms. The minimum Gasteiger partial charge on any atom is -0.353 e. The van der Waals surface area contributed by atoms with Crippen LogP contribution >= 0.6 is 11.6 Å². The van der Waals surface area contributed by atoms with Crippen molar-refractivity contribution in [2.45, 2.75) is 26.3 Å². The smallest absolute Gasteiger partial charge is 0.256 e. The minimum atomic E-state index is -0.405. The van der Waals surface area contributed by atoms with Crippen molar-refractivity contribution < 1.29 is 9.59 Å². The lowest BCUT2D eigenvalue weighted by Gasteiger charge is -2.34. The van der Waals surface area contributed by atoms with E-state index in [4.69, 9.17) is 11.6 Å². The highest BCUT2D eigenvalue weighted by molar-refractivity contribution is 6.34. The van der Waals surface area contributed by atoms with Crippen LogP contribution in [0, 0.1) is 6.92 Å². The van der Waals surface area contributed by atoms with Crippen LogP contribution in [-0.2, 0) is 4.79 Å². The van der Waals surface area contributed by atoms with Gasteiger partial charge in [0, 0.05) is 13.1 Å². The number of carbonyl (C=O) groups excluding carboxylic acids is 2. The van der Waals surface area contributed by atoms with E-state index in [2.05, 4.69) is 5.32 Å². The fourth-order valence-corrected chi connectivity index (χ4v) is 2.54. The molecule has 0 spiro atoms. The third-order valence-electron chi connectivity index (χ3n) is 3.40. The van der Waals surface area contributed by atoms with Gasteiger partial charge in [0.15, 0.2) is 0 Å². The van der Waals surface area contributed by atoms with Crippen molar-refractivity contribution in [2.24, 2.45) is 0 Å². The molecule has 0 saturated carbocycles. The number of rotatable bonds is 2. The summed E-state index contributed by atoms with van der Waals surface area (Å²) in [5.74, 6) is -0.263. The van der Waals surface area contributed by atoms with E-state index in [1.54, 1.807) is 17.0 Å². The fraction of sp³-hybridized carbons (Fsp3) is 0.429. The lowest BCUT2D eigenvalue weighted by molar-refractivity contribution is -0.127. The minimum absolute atomic E-state index is 0.0918. The first-order valence-electron chi connectivity index (χ1n) is 6.40. The molecule has 0 aliphatic carbocycles. The first kappa shape index (κ1) is 13.9. The number of piperazine rings is 1. The van der Waals surface area contributed by atoms with Crippen molar-refractivity contribution in [2.75, 3.05) is 13.1 Å². The molecule has 1 N–H and O–H groups in total. The summed E-state index contributed by atoms with van der Waals surface area (Å²) in [4.78, 5) is 25.9. The normalized spacial score (nSPS) is 19.2. The lowest BCUT2D eigenvalue weighted by Crippen LogP contribution is -2.56. The average Bonchev–Trinajstić information content (AvgIpc) is 2.41. The van der Waals surface area contributed by atoms with Crippen molar-refractivity contribution in [3.8, 4) is 0 Å². The molecule has 1 aliphatic rings. The summed E-state index contributed by atoms with van der Waals surface area (Å²) in [5.41, 5.74) is 1.33. The number of amides is 2. The number of aryl methyl sites for hydroxylation is 1. The molecule has 1 heterocycles. The molecular weight excluding hydrogens is 264 g/mol. The summed E-state index contributed by atoms with van der Waals surface area (Å²) >= 11 is 6.19. The number of halogens is 1. The van der Waals surface area contributed by atoms with E-state index in [1.165, 1.54) is 0 Å². The molecule has 1 aliphatic heterocycles. The zero-order valence-electron chi connectivity index (χ0n) is 11.1. The second kappa shape index (κ2) is 5.61. The van der Waals surface area contributed by atoms with E-state index in [0.717, 1.165) is 5.56 Å². The summed E-state index contributed by atoms with van der Waals surface area (Å²) in [7, 11) is 0. The maximum atomic E-state index is 12.5. The van der Waals surface area contributed by atoms with Gasteiger partial charge in [-0.1, -0.05) is 30.7 Å². The molecule has 0 radical (unpaired) electrons. The van der Waals surface area contributed by atoms with Crippen molar-refractivity contribution in [1.82, 2.24) is 10.2 Å². The van der Waals surface area contributed by atoms with Crippen LogP contribution in [-0.4, -0.2) is 35.8 Å². The van der Waals surface area contributed by atoms with E-state index in [0.29, 0.717) is 30.1 Å². The Hall–Kier alpha value is -1.55. The average molecular weight is 281 g/mol. The zero-order valence-corrected chi connectivity index (χ0v) is 11.8. The predicted molar refractivity (Wildman–Crippen MR) is 74.3 cm³/mol. The van der Waals surface area contributed by atoms with Crippen LogP contribution in [0.1, 0.15) is 29.3 Å². The van der Waals surface area contributed by atoms with E-state index in [1.807, 2.05) is 19.9 Å². The van der Waals surface area contributed by atoms with Gasteiger partial charge in [0.2, 0.25) is 5.91 Å². The van der Waals surface area contributed by atoms with Gasteiger partial charge < -0.3 is 10.2 Å². The number of nitrogens with zero attached hydrogens (tertiary/aromatic N) is 1. The molecule has 1 saturated heterocycles. The standard InChI is InChI=1S/C14H17ClN2O2/c1-3-11-13(18)16-7-8-17(11)14(19)10-6-4-5-9(2)12(10)15/h4-6,11H,3,7-8H2,1-2H3,(H,16,18). The molecule has 1 aromatic carbocycles. The van der Waals surface area contributed by atoms with Crippen LogP contribution in [0.15, 0.2) is 18.2 Å². The number of hydrogen-bond donors (Lipinski definition) is 1. The molecule has 2 rings (SSSR count). The maximum absolute atomic E-state index is 12.5. The maximum Gasteiger partial charge on any atom is 0.256 e. The largest absolute Gasteiger partial charge is 0.353 e. The molecule has 1 unspecified atom stereocenters. The van der Waals surface area contributed by atoms with Gasteiger partial charge in [-0.15, -0.1) is 0 Å². The Balaban J connectivity index is 2.32. The van der Waals surface area contributed by atoms with Gasteiger partial charge in [0.25, 0.3) is 5.91 Å². The molecule has 102 valence electrons. The van der Waals surface area contributed by atoms with Gasteiger partial charge in [-0.2, -0.15) is 0 Å². The van der Waals surface area contributed by atoms with Gasteiger partial charge in [0.1, 0.15) is 6.04 Å². The molecule has 1 atom stereocenters. The van der Waals surface area contributed by atoms with Crippen LogP contribution in [0.25, 0.3) is 0 Å². The Morgan fingerprint density at radius 2 is 2.26 bits per heavy atom. The first-order valence-corrected chi connectivity index (χ1v) is 6.77. The van der Waals surface area contributed by atoms with Gasteiger partial charge in [-0.3, -0.25) is 9.59 Å².